The predicted molar refractivity (Wildman–Crippen MR) is 95.2 cm³/mol. The smallest absolute Gasteiger partial charge is 0.254 e. The van der Waals surface area contributed by atoms with E-state index in [9.17, 15) is 14.0 Å². The summed E-state index contributed by atoms with van der Waals surface area (Å²) in [5.41, 5.74) is 2.71. The third-order valence-corrected chi connectivity index (χ3v) is 4.61. The van der Waals surface area contributed by atoms with E-state index in [-0.39, 0.29) is 30.0 Å². The number of piperazine rings is 1. The van der Waals surface area contributed by atoms with Crippen LogP contribution in [0.1, 0.15) is 28.4 Å². The van der Waals surface area contributed by atoms with Gasteiger partial charge in [-0.3, -0.25) is 9.59 Å². The Balaban J connectivity index is 1.79. The molecule has 0 aromatic heterocycles. The highest BCUT2D eigenvalue weighted by atomic mass is 19.1. The van der Waals surface area contributed by atoms with Gasteiger partial charge >= 0.3 is 0 Å². The highest BCUT2D eigenvalue weighted by Crippen LogP contribution is 2.22. The molecule has 1 aliphatic rings. The van der Waals surface area contributed by atoms with Gasteiger partial charge in [-0.2, -0.15) is 0 Å². The zero-order valence-corrected chi connectivity index (χ0v) is 14.6. The first kappa shape index (κ1) is 17.1. The van der Waals surface area contributed by atoms with Crippen LogP contribution in [0.2, 0.25) is 0 Å². The summed E-state index contributed by atoms with van der Waals surface area (Å²) in [7, 11) is 0. The molecule has 1 aliphatic heterocycles. The Morgan fingerprint density at radius 2 is 1.80 bits per heavy atom. The molecule has 0 spiro atoms. The molecule has 2 aromatic rings. The topological polar surface area (TPSA) is 40.6 Å². The number of hydrogen-bond acceptors (Lipinski definition) is 2. The van der Waals surface area contributed by atoms with Crippen molar-refractivity contribution in [2.75, 3.05) is 18.0 Å². The Morgan fingerprint density at radius 1 is 1.12 bits per heavy atom. The third-order valence-electron chi connectivity index (χ3n) is 4.61. The minimum atomic E-state index is -0.414. The fourth-order valence-electron chi connectivity index (χ4n) is 2.99. The van der Waals surface area contributed by atoms with Gasteiger partial charge in [0.05, 0.1) is 0 Å². The molecule has 2 amide bonds. The van der Waals surface area contributed by atoms with Crippen LogP contribution in [0.5, 0.6) is 0 Å². The van der Waals surface area contributed by atoms with Gasteiger partial charge in [0.2, 0.25) is 5.91 Å². The Kier molecular flexibility index (Phi) is 4.57. The molecule has 1 heterocycles. The summed E-state index contributed by atoms with van der Waals surface area (Å²) in [6.07, 6.45) is 0. The van der Waals surface area contributed by atoms with E-state index in [2.05, 4.69) is 0 Å². The highest BCUT2D eigenvalue weighted by Gasteiger charge is 2.33. The summed E-state index contributed by atoms with van der Waals surface area (Å²) >= 11 is 0. The number of aryl methyl sites for hydroxylation is 2. The number of carbonyl (C=O) groups is 2. The van der Waals surface area contributed by atoms with E-state index >= 15 is 0 Å². The SMILES string of the molecule is Cc1ccc(N2CC(C)N(C(=O)c3ccc(C)c(F)c3)CC2=O)cc1. The van der Waals surface area contributed by atoms with Crippen LogP contribution in [-0.2, 0) is 4.79 Å². The van der Waals surface area contributed by atoms with Crippen molar-refractivity contribution in [1.82, 2.24) is 4.90 Å². The molecule has 0 N–H and O–H groups in total. The van der Waals surface area contributed by atoms with Gasteiger partial charge in [-0.25, -0.2) is 4.39 Å². The zero-order valence-electron chi connectivity index (χ0n) is 14.6. The molecule has 4 nitrogen and oxygen atoms in total. The van der Waals surface area contributed by atoms with Crippen molar-refractivity contribution in [1.29, 1.82) is 0 Å². The zero-order chi connectivity index (χ0) is 18.1. The monoisotopic (exact) mass is 340 g/mol. The molecule has 0 bridgehead atoms. The van der Waals surface area contributed by atoms with E-state index in [1.165, 1.54) is 11.0 Å². The number of anilines is 1. The fourth-order valence-corrected chi connectivity index (χ4v) is 2.99. The quantitative estimate of drug-likeness (QED) is 0.841. The molecule has 2 aromatic carbocycles. The summed E-state index contributed by atoms with van der Waals surface area (Å²) in [6.45, 7) is 5.95. The number of carbonyl (C=O) groups excluding carboxylic acids is 2. The lowest BCUT2D eigenvalue weighted by atomic mass is 10.1. The molecular weight excluding hydrogens is 319 g/mol. The molecular formula is C20H21FN2O2. The van der Waals surface area contributed by atoms with Gasteiger partial charge in [0.25, 0.3) is 5.91 Å². The predicted octanol–water partition coefficient (Wildman–Crippen LogP) is 3.32. The van der Waals surface area contributed by atoms with E-state index in [1.807, 2.05) is 38.1 Å². The average Bonchev–Trinajstić information content (AvgIpc) is 2.59. The van der Waals surface area contributed by atoms with Crippen molar-refractivity contribution in [2.24, 2.45) is 0 Å². The van der Waals surface area contributed by atoms with Crippen LogP contribution >= 0.6 is 0 Å². The maximum atomic E-state index is 13.8. The van der Waals surface area contributed by atoms with E-state index in [4.69, 9.17) is 0 Å². The van der Waals surface area contributed by atoms with Crippen LogP contribution in [0.4, 0.5) is 10.1 Å². The molecule has 3 rings (SSSR count). The standard InChI is InChI=1S/C20H21FN2O2/c1-13-4-8-17(9-5-13)23-11-15(3)22(12-19(23)24)20(25)16-7-6-14(2)18(21)10-16/h4-10,15H,11-12H2,1-3H3. The van der Waals surface area contributed by atoms with Crippen LogP contribution in [0.3, 0.4) is 0 Å². The van der Waals surface area contributed by atoms with Crippen LogP contribution in [-0.4, -0.2) is 35.8 Å². The summed E-state index contributed by atoms with van der Waals surface area (Å²) in [5, 5.41) is 0. The first-order valence-corrected chi connectivity index (χ1v) is 8.31. The molecule has 5 heteroatoms. The van der Waals surface area contributed by atoms with Crippen molar-refractivity contribution >= 4 is 17.5 Å². The Morgan fingerprint density at radius 3 is 2.44 bits per heavy atom. The van der Waals surface area contributed by atoms with Gasteiger partial charge < -0.3 is 9.80 Å². The number of benzene rings is 2. The highest BCUT2D eigenvalue weighted by molar-refractivity contribution is 6.02. The lowest BCUT2D eigenvalue weighted by Crippen LogP contribution is -2.57. The molecule has 0 aliphatic carbocycles. The molecule has 1 fully saturated rings. The molecule has 130 valence electrons. The first-order chi connectivity index (χ1) is 11.9. The van der Waals surface area contributed by atoms with Crippen LogP contribution < -0.4 is 4.90 Å². The molecule has 1 saturated heterocycles. The van der Waals surface area contributed by atoms with E-state index in [0.717, 1.165) is 11.3 Å². The van der Waals surface area contributed by atoms with E-state index in [0.29, 0.717) is 12.1 Å². The lowest BCUT2D eigenvalue weighted by molar-refractivity contribution is -0.121. The molecule has 1 unspecified atom stereocenters. The average molecular weight is 340 g/mol. The van der Waals surface area contributed by atoms with Crippen LogP contribution in [0, 0.1) is 19.7 Å². The number of amides is 2. The van der Waals surface area contributed by atoms with Crippen molar-refractivity contribution in [3.8, 4) is 0 Å². The number of rotatable bonds is 2. The van der Waals surface area contributed by atoms with Crippen molar-refractivity contribution in [3.05, 3.63) is 65.0 Å². The molecule has 25 heavy (non-hydrogen) atoms. The van der Waals surface area contributed by atoms with Gasteiger partial charge in [0, 0.05) is 23.8 Å². The third kappa shape index (κ3) is 3.40. The van der Waals surface area contributed by atoms with E-state index in [1.54, 1.807) is 24.0 Å². The summed E-state index contributed by atoms with van der Waals surface area (Å²) < 4.78 is 13.8. The summed E-state index contributed by atoms with van der Waals surface area (Å²) in [5.74, 6) is -0.866. The Labute approximate surface area is 146 Å². The maximum Gasteiger partial charge on any atom is 0.254 e. The first-order valence-electron chi connectivity index (χ1n) is 8.31. The number of nitrogens with zero attached hydrogens (tertiary/aromatic N) is 2. The molecule has 0 radical (unpaired) electrons. The Bertz CT molecular complexity index is 817. The van der Waals surface area contributed by atoms with Crippen LogP contribution in [0.25, 0.3) is 0 Å². The second kappa shape index (κ2) is 6.67. The molecule has 0 saturated carbocycles. The fraction of sp³-hybridized carbons (Fsp3) is 0.300. The van der Waals surface area contributed by atoms with Crippen molar-refractivity contribution < 1.29 is 14.0 Å². The van der Waals surface area contributed by atoms with Gasteiger partial charge in [-0.15, -0.1) is 0 Å². The van der Waals surface area contributed by atoms with Gasteiger partial charge in [-0.1, -0.05) is 23.8 Å². The summed E-state index contributed by atoms with van der Waals surface area (Å²) in [6, 6.07) is 12.0. The number of hydrogen-bond donors (Lipinski definition) is 0. The second-order valence-electron chi connectivity index (χ2n) is 6.59. The van der Waals surface area contributed by atoms with E-state index < -0.39 is 5.82 Å². The van der Waals surface area contributed by atoms with Crippen molar-refractivity contribution in [2.45, 2.75) is 26.8 Å². The minimum Gasteiger partial charge on any atom is -0.325 e. The maximum absolute atomic E-state index is 13.8. The molecule has 1 atom stereocenters. The number of halogens is 1. The second-order valence-corrected chi connectivity index (χ2v) is 6.59. The largest absolute Gasteiger partial charge is 0.325 e. The lowest BCUT2D eigenvalue weighted by Gasteiger charge is -2.39. The normalized spacial score (nSPS) is 17.8. The van der Waals surface area contributed by atoms with Crippen LogP contribution in [0.15, 0.2) is 42.5 Å². The van der Waals surface area contributed by atoms with Gasteiger partial charge in [0.1, 0.15) is 12.4 Å². The Hall–Kier alpha value is -2.69. The van der Waals surface area contributed by atoms with Gasteiger partial charge in [0.15, 0.2) is 0 Å². The minimum absolute atomic E-state index is 0.0105. The van der Waals surface area contributed by atoms with Crippen molar-refractivity contribution in [3.63, 3.8) is 0 Å². The van der Waals surface area contributed by atoms with Gasteiger partial charge in [-0.05, 0) is 50.6 Å². The summed E-state index contributed by atoms with van der Waals surface area (Å²) in [4.78, 5) is 28.5.